The van der Waals surface area contributed by atoms with E-state index < -0.39 is 28.9 Å². The molecule has 0 saturated heterocycles. The summed E-state index contributed by atoms with van der Waals surface area (Å²) in [4.78, 5) is 36.5. The quantitative estimate of drug-likeness (QED) is 0.529. The normalized spacial score (nSPS) is 14.0. The summed E-state index contributed by atoms with van der Waals surface area (Å²) < 4.78 is 5.63. The van der Waals surface area contributed by atoms with Crippen LogP contribution >= 0.6 is 0 Å². The summed E-state index contributed by atoms with van der Waals surface area (Å²) in [7, 11) is 0. The van der Waals surface area contributed by atoms with Gasteiger partial charge in [0, 0.05) is 24.9 Å². The van der Waals surface area contributed by atoms with Gasteiger partial charge < -0.3 is 20.5 Å². The highest BCUT2D eigenvalue weighted by Gasteiger charge is 2.33. The zero-order valence-electron chi connectivity index (χ0n) is 20.5. The van der Waals surface area contributed by atoms with Crippen LogP contribution in [-0.4, -0.2) is 42.3 Å². The average molecular weight is 467 g/mol. The summed E-state index contributed by atoms with van der Waals surface area (Å²) >= 11 is 0. The number of alkyl carbamates (subject to hydrolysis) is 1. The standard InChI is InChI=1S/C27H34N2O5/c1-26(2,3)22(14-23(30)28-16-27(4,5)24(31)32)29-25(33)34-15-21-19-12-8-6-10-17(19)18-11-7-9-13-20(18)21/h6-13,21-22H,14-16H2,1-5H3,(H,28,30)(H,29,33)(H,31,32). The van der Waals surface area contributed by atoms with Crippen LogP contribution in [-0.2, 0) is 14.3 Å². The molecule has 182 valence electrons. The molecule has 2 aromatic carbocycles. The number of aliphatic carboxylic acids is 1. The van der Waals surface area contributed by atoms with Crippen LogP contribution in [0.15, 0.2) is 48.5 Å². The van der Waals surface area contributed by atoms with Crippen molar-refractivity contribution in [2.75, 3.05) is 13.2 Å². The number of hydrogen-bond acceptors (Lipinski definition) is 4. The van der Waals surface area contributed by atoms with Crippen molar-refractivity contribution in [3.63, 3.8) is 0 Å². The SMILES string of the molecule is CC(C)(CNC(=O)CC(NC(=O)OCC1c2ccccc2-c2ccccc21)C(C)(C)C)C(=O)O. The predicted molar refractivity (Wildman–Crippen MR) is 130 cm³/mol. The molecule has 2 amide bonds. The van der Waals surface area contributed by atoms with Crippen molar-refractivity contribution < 1.29 is 24.2 Å². The van der Waals surface area contributed by atoms with E-state index in [1.54, 1.807) is 13.8 Å². The van der Waals surface area contributed by atoms with E-state index >= 15 is 0 Å². The van der Waals surface area contributed by atoms with E-state index in [0.29, 0.717) is 0 Å². The van der Waals surface area contributed by atoms with Crippen LogP contribution in [0.1, 0.15) is 58.1 Å². The Labute approximate surface area is 200 Å². The van der Waals surface area contributed by atoms with Crippen molar-refractivity contribution in [2.45, 2.75) is 53.0 Å². The van der Waals surface area contributed by atoms with Gasteiger partial charge in [-0.25, -0.2) is 4.79 Å². The summed E-state index contributed by atoms with van der Waals surface area (Å²) in [5.41, 5.74) is 3.08. The van der Waals surface area contributed by atoms with E-state index in [9.17, 15) is 19.5 Å². The van der Waals surface area contributed by atoms with Gasteiger partial charge in [0.25, 0.3) is 0 Å². The van der Waals surface area contributed by atoms with E-state index in [2.05, 4.69) is 34.9 Å². The van der Waals surface area contributed by atoms with Crippen LogP contribution in [0.4, 0.5) is 4.79 Å². The number of benzene rings is 2. The minimum atomic E-state index is -1.08. The first-order chi connectivity index (χ1) is 15.9. The number of fused-ring (bicyclic) bond motifs is 3. The third kappa shape index (κ3) is 5.76. The van der Waals surface area contributed by atoms with E-state index in [1.807, 2.05) is 45.0 Å². The van der Waals surface area contributed by atoms with Gasteiger partial charge in [-0.15, -0.1) is 0 Å². The molecule has 0 fully saturated rings. The lowest BCUT2D eigenvalue weighted by molar-refractivity contribution is -0.146. The Hall–Kier alpha value is -3.35. The second-order valence-corrected chi connectivity index (χ2v) is 10.6. The second kappa shape index (κ2) is 9.87. The summed E-state index contributed by atoms with van der Waals surface area (Å²) in [6, 6.07) is 15.8. The molecule has 3 N–H and O–H groups in total. The van der Waals surface area contributed by atoms with Crippen LogP contribution < -0.4 is 10.6 Å². The van der Waals surface area contributed by atoms with Crippen molar-refractivity contribution >= 4 is 18.0 Å². The van der Waals surface area contributed by atoms with Crippen LogP contribution in [0, 0.1) is 10.8 Å². The molecule has 0 spiro atoms. The lowest BCUT2D eigenvalue weighted by Gasteiger charge is -2.31. The Morgan fingerprint density at radius 3 is 1.97 bits per heavy atom. The van der Waals surface area contributed by atoms with Crippen molar-refractivity contribution in [3.8, 4) is 11.1 Å². The zero-order chi connectivity index (χ0) is 25.1. The maximum absolute atomic E-state index is 12.7. The first-order valence-electron chi connectivity index (χ1n) is 11.5. The summed E-state index contributed by atoms with van der Waals surface area (Å²) in [5, 5.41) is 14.7. The number of rotatable bonds is 8. The predicted octanol–water partition coefficient (Wildman–Crippen LogP) is 4.56. The van der Waals surface area contributed by atoms with Crippen molar-refractivity contribution in [1.29, 1.82) is 0 Å². The number of carboxylic acid groups (broad SMARTS) is 1. The number of carbonyl (C=O) groups is 3. The molecule has 0 saturated carbocycles. The molecule has 7 heteroatoms. The number of ether oxygens (including phenoxy) is 1. The van der Waals surface area contributed by atoms with Gasteiger partial charge >= 0.3 is 12.1 Å². The first-order valence-corrected chi connectivity index (χ1v) is 11.5. The van der Waals surface area contributed by atoms with Gasteiger partial charge in [-0.3, -0.25) is 9.59 Å². The maximum Gasteiger partial charge on any atom is 0.407 e. The third-order valence-corrected chi connectivity index (χ3v) is 6.38. The van der Waals surface area contributed by atoms with Crippen LogP contribution in [0.5, 0.6) is 0 Å². The van der Waals surface area contributed by atoms with E-state index in [0.717, 1.165) is 22.3 Å². The molecule has 1 atom stereocenters. The average Bonchev–Trinajstić information content (AvgIpc) is 3.09. The number of nitrogens with one attached hydrogen (secondary N) is 2. The molecular formula is C27H34N2O5. The topological polar surface area (TPSA) is 105 Å². The van der Waals surface area contributed by atoms with Gasteiger partial charge in [0.1, 0.15) is 6.61 Å². The van der Waals surface area contributed by atoms with Gasteiger partial charge in [0.05, 0.1) is 5.41 Å². The Kier molecular flexibility index (Phi) is 7.34. The molecule has 1 unspecified atom stereocenters. The monoisotopic (exact) mass is 466 g/mol. The molecule has 0 radical (unpaired) electrons. The maximum atomic E-state index is 12.7. The van der Waals surface area contributed by atoms with Crippen molar-refractivity contribution in [3.05, 3.63) is 59.7 Å². The largest absolute Gasteiger partial charge is 0.481 e. The molecular weight excluding hydrogens is 432 g/mol. The summed E-state index contributed by atoms with van der Waals surface area (Å²) in [6.45, 7) is 9.07. The fourth-order valence-electron chi connectivity index (χ4n) is 4.01. The molecule has 3 rings (SSSR count). The van der Waals surface area contributed by atoms with Crippen LogP contribution in [0.25, 0.3) is 11.1 Å². The van der Waals surface area contributed by atoms with Gasteiger partial charge in [-0.1, -0.05) is 69.3 Å². The lowest BCUT2D eigenvalue weighted by Crippen LogP contribution is -2.48. The highest BCUT2D eigenvalue weighted by molar-refractivity contribution is 5.80. The molecule has 0 aromatic heterocycles. The highest BCUT2D eigenvalue weighted by atomic mass is 16.5. The van der Waals surface area contributed by atoms with Crippen LogP contribution in [0.3, 0.4) is 0 Å². The molecule has 7 nitrogen and oxygen atoms in total. The Morgan fingerprint density at radius 1 is 0.941 bits per heavy atom. The minimum absolute atomic E-state index is 0.00295. The molecule has 34 heavy (non-hydrogen) atoms. The summed E-state index contributed by atoms with van der Waals surface area (Å²) in [5.74, 6) is -1.36. The zero-order valence-corrected chi connectivity index (χ0v) is 20.5. The molecule has 0 heterocycles. The van der Waals surface area contributed by atoms with E-state index in [1.165, 1.54) is 0 Å². The number of carboxylic acids is 1. The number of hydrogen-bond donors (Lipinski definition) is 3. The van der Waals surface area contributed by atoms with E-state index in [4.69, 9.17) is 4.74 Å². The van der Waals surface area contributed by atoms with Crippen LogP contribution in [0.2, 0.25) is 0 Å². The smallest absolute Gasteiger partial charge is 0.407 e. The van der Waals surface area contributed by atoms with Gasteiger partial charge in [-0.2, -0.15) is 0 Å². The molecule has 0 aliphatic heterocycles. The number of amides is 2. The van der Waals surface area contributed by atoms with Gasteiger partial charge in [0.15, 0.2) is 0 Å². The molecule has 1 aliphatic carbocycles. The van der Waals surface area contributed by atoms with E-state index in [-0.39, 0.29) is 31.4 Å². The Balaban J connectivity index is 1.62. The Bertz CT molecular complexity index is 1030. The van der Waals surface area contributed by atoms with Gasteiger partial charge in [0.2, 0.25) is 5.91 Å². The fraction of sp³-hybridized carbons (Fsp3) is 0.444. The third-order valence-electron chi connectivity index (χ3n) is 6.38. The molecule has 2 aromatic rings. The highest BCUT2D eigenvalue weighted by Crippen LogP contribution is 2.44. The minimum Gasteiger partial charge on any atom is -0.481 e. The first kappa shape index (κ1) is 25.3. The summed E-state index contributed by atoms with van der Waals surface area (Å²) in [6.07, 6.45) is -0.566. The van der Waals surface area contributed by atoms with Crippen molar-refractivity contribution in [1.82, 2.24) is 10.6 Å². The lowest BCUT2D eigenvalue weighted by atomic mass is 9.84. The Morgan fingerprint density at radius 2 is 1.47 bits per heavy atom. The fourth-order valence-corrected chi connectivity index (χ4v) is 4.01. The van der Waals surface area contributed by atoms with Crippen molar-refractivity contribution in [2.24, 2.45) is 10.8 Å². The molecule has 1 aliphatic rings. The number of carbonyl (C=O) groups excluding carboxylic acids is 2. The second-order valence-electron chi connectivity index (χ2n) is 10.6. The van der Waals surface area contributed by atoms with Gasteiger partial charge in [-0.05, 0) is 41.5 Å². The molecule has 0 bridgehead atoms.